The molecule has 0 aromatic heterocycles. The lowest BCUT2D eigenvalue weighted by molar-refractivity contribution is 0.236. The van der Waals surface area contributed by atoms with Gasteiger partial charge in [-0.1, -0.05) is 0 Å². The van der Waals surface area contributed by atoms with Crippen molar-refractivity contribution in [2.45, 2.75) is 13.0 Å². The molecule has 1 heterocycles. The fourth-order valence-electron chi connectivity index (χ4n) is 1.30. The van der Waals surface area contributed by atoms with Crippen LogP contribution in [0.3, 0.4) is 0 Å². The lowest BCUT2D eigenvalue weighted by Gasteiger charge is -2.25. The summed E-state index contributed by atoms with van der Waals surface area (Å²) in [6.07, 6.45) is -0.0195. The van der Waals surface area contributed by atoms with Gasteiger partial charge in [-0.25, -0.2) is 9.76 Å². The zero-order valence-corrected chi connectivity index (χ0v) is 10.5. The molecular formula is C7H15Cl2N2O2P. The Morgan fingerprint density at radius 2 is 2.07 bits per heavy atom. The second-order valence-electron chi connectivity index (χ2n) is 3.13. The van der Waals surface area contributed by atoms with E-state index < -0.39 is 7.67 Å². The van der Waals surface area contributed by atoms with Crippen molar-refractivity contribution in [1.29, 1.82) is 0 Å². The minimum atomic E-state index is -2.85. The zero-order valence-electron chi connectivity index (χ0n) is 8.08. The number of nitrogens with one attached hydrogen (secondary N) is 1. The third-order valence-electron chi connectivity index (χ3n) is 1.96. The molecule has 1 N–H and O–H groups in total. The molecule has 0 aromatic carbocycles. The van der Waals surface area contributed by atoms with Crippen molar-refractivity contribution in [1.82, 2.24) is 9.76 Å². The van der Waals surface area contributed by atoms with Gasteiger partial charge in [-0.15, -0.1) is 23.2 Å². The van der Waals surface area contributed by atoms with Gasteiger partial charge in [0.05, 0.1) is 6.10 Å². The van der Waals surface area contributed by atoms with Crippen LogP contribution in [-0.2, 0) is 9.09 Å². The summed E-state index contributed by atoms with van der Waals surface area (Å²) in [5.41, 5.74) is 0. The summed E-state index contributed by atoms with van der Waals surface area (Å²) in [5, 5.41) is 2.89. The molecule has 14 heavy (non-hydrogen) atoms. The maximum Gasteiger partial charge on any atom is 0.343 e. The minimum Gasteiger partial charge on any atom is -0.302 e. The first-order valence-electron chi connectivity index (χ1n) is 4.53. The lowest BCUT2D eigenvalue weighted by atomic mass is 10.4. The highest BCUT2D eigenvalue weighted by Crippen LogP contribution is 2.50. The summed E-state index contributed by atoms with van der Waals surface area (Å²) < 4.78 is 19.2. The molecule has 1 aliphatic heterocycles. The summed E-state index contributed by atoms with van der Waals surface area (Å²) >= 11 is 11.2. The van der Waals surface area contributed by atoms with E-state index in [1.165, 1.54) is 0 Å². The first kappa shape index (κ1) is 12.8. The van der Waals surface area contributed by atoms with Gasteiger partial charge < -0.3 is 4.52 Å². The average Bonchev–Trinajstić information content (AvgIpc) is 2.47. The first-order valence-corrected chi connectivity index (χ1v) is 7.18. The van der Waals surface area contributed by atoms with Crippen molar-refractivity contribution >= 4 is 30.9 Å². The molecule has 0 radical (unpaired) electrons. The third-order valence-corrected chi connectivity index (χ3v) is 4.67. The van der Waals surface area contributed by atoms with Crippen LogP contribution in [0.5, 0.6) is 0 Å². The van der Waals surface area contributed by atoms with Crippen LogP contribution in [0.2, 0.25) is 0 Å². The second-order valence-corrected chi connectivity index (χ2v) is 6.02. The quantitative estimate of drug-likeness (QED) is 0.606. The van der Waals surface area contributed by atoms with E-state index >= 15 is 0 Å². The third kappa shape index (κ3) is 3.09. The van der Waals surface area contributed by atoms with E-state index in [-0.39, 0.29) is 6.10 Å². The largest absolute Gasteiger partial charge is 0.343 e. The standard InChI is InChI=1S/C7H15Cl2N2O2P/c1-7-6-10-14(12,13-7)11(4-2-8)5-3-9/h7H,2-6H2,1H3,(H,10,12)/t7-,14-/m0/s1. The Bertz CT molecular complexity index is 224. The van der Waals surface area contributed by atoms with Crippen LogP contribution in [0.1, 0.15) is 6.92 Å². The van der Waals surface area contributed by atoms with Crippen LogP contribution >= 0.6 is 30.9 Å². The number of hydrogen-bond acceptors (Lipinski definition) is 2. The van der Waals surface area contributed by atoms with Crippen molar-refractivity contribution in [2.24, 2.45) is 0 Å². The molecule has 2 atom stereocenters. The number of rotatable bonds is 5. The fourth-order valence-corrected chi connectivity index (χ4v) is 4.13. The van der Waals surface area contributed by atoms with E-state index in [0.717, 1.165) is 0 Å². The normalized spacial score (nSPS) is 32.7. The van der Waals surface area contributed by atoms with E-state index in [0.29, 0.717) is 31.4 Å². The van der Waals surface area contributed by atoms with Crippen LogP contribution < -0.4 is 5.09 Å². The molecule has 0 saturated carbocycles. The van der Waals surface area contributed by atoms with Gasteiger partial charge in [0.25, 0.3) is 0 Å². The minimum absolute atomic E-state index is 0.0195. The lowest BCUT2D eigenvalue weighted by Crippen LogP contribution is -2.29. The number of alkyl halides is 2. The van der Waals surface area contributed by atoms with E-state index in [1.807, 2.05) is 6.92 Å². The molecule has 0 unspecified atom stereocenters. The molecule has 0 bridgehead atoms. The van der Waals surface area contributed by atoms with E-state index in [4.69, 9.17) is 27.7 Å². The smallest absolute Gasteiger partial charge is 0.302 e. The summed E-state index contributed by atoms with van der Waals surface area (Å²) in [4.78, 5) is 0. The molecule has 1 saturated heterocycles. The predicted octanol–water partition coefficient (Wildman–Crippen LogP) is 1.88. The first-order chi connectivity index (χ1) is 6.62. The fraction of sp³-hybridized carbons (Fsp3) is 1.00. The molecule has 0 spiro atoms. The number of nitrogens with zero attached hydrogens (tertiary/aromatic N) is 1. The van der Waals surface area contributed by atoms with Gasteiger partial charge in [0.2, 0.25) is 0 Å². The van der Waals surface area contributed by atoms with Gasteiger partial charge in [-0.2, -0.15) is 0 Å². The Morgan fingerprint density at radius 3 is 2.43 bits per heavy atom. The number of halogens is 2. The van der Waals surface area contributed by atoms with Gasteiger partial charge in [-0.3, -0.25) is 4.57 Å². The summed E-state index contributed by atoms with van der Waals surface area (Å²) in [5.74, 6) is 0.834. The van der Waals surface area contributed by atoms with Crippen LogP contribution in [0.15, 0.2) is 0 Å². The van der Waals surface area contributed by atoms with Gasteiger partial charge in [0.15, 0.2) is 0 Å². The topological polar surface area (TPSA) is 41.6 Å². The molecule has 7 heteroatoms. The molecule has 0 aromatic rings. The SMILES string of the molecule is C[C@H]1CN[P@@](=O)(N(CCCl)CCCl)O1. The maximum atomic E-state index is 12.2. The second kappa shape index (κ2) is 5.69. The average molecular weight is 261 g/mol. The molecular weight excluding hydrogens is 246 g/mol. The molecule has 0 aliphatic carbocycles. The van der Waals surface area contributed by atoms with E-state index in [2.05, 4.69) is 5.09 Å². The zero-order chi connectivity index (χ0) is 10.6. The van der Waals surface area contributed by atoms with Gasteiger partial charge in [0, 0.05) is 31.4 Å². The summed E-state index contributed by atoms with van der Waals surface area (Å²) in [6.45, 7) is 3.53. The molecule has 84 valence electrons. The van der Waals surface area contributed by atoms with Crippen LogP contribution in [-0.4, -0.2) is 42.2 Å². The van der Waals surface area contributed by atoms with Crippen molar-refractivity contribution in [3.8, 4) is 0 Å². The highest BCUT2D eigenvalue weighted by Gasteiger charge is 2.38. The van der Waals surface area contributed by atoms with Gasteiger partial charge in [0.1, 0.15) is 0 Å². The molecule has 4 nitrogen and oxygen atoms in total. The van der Waals surface area contributed by atoms with Crippen LogP contribution in [0.4, 0.5) is 0 Å². The van der Waals surface area contributed by atoms with E-state index in [1.54, 1.807) is 4.67 Å². The molecule has 0 amide bonds. The number of hydrogen-bond donors (Lipinski definition) is 1. The Labute approximate surface area is 94.4 Å². The molecule has 1 fully saturated rings. The van der Waals surface area contributed by atoms with Gasteiger partial charge in [-0.05, 0) is 6.92 Å². The Morgan fingerprint density at radius 1 is 1.50 bits per heavy atom. The Kier molecular flexibility index (Phi) is 5.18. The highest BCUT2D eigenvalue weighted by atomic mass is 35.5. The van der Waals surface area contributed by atoms with Crippen LogP contribution in [0.25, 0.3) is 0 Å². The highest BCUT2D eigenvalue weighted by molar-refractivity contribution is 7.54. The monoisotopic (exact) mass is 260 g/mol. The predicted molar refractivity (Wildman–Crippen MR) is 59.2 cm³/mol. The Balaban J connectivity index is 2.61. The molecule has 1 aliphatic rings. The van der Waals surface area contributed by atoms with Crippen molar-refractivity contribution < 1.29 is 9.09 Å². The summed E-state index contributed by atoms with van der Waals surface area (Å²) in [7, 11) is -2.85. The van der Waals surface area contributed by atoms with Gasteiger partial charge >= 0.3 is 7.67 Å². The summed E-state index contributed by atoms with van der Waals surface area (Å²) in [6, 6.07) is 0. The van der Waals surface area contributed by atoms with Crippen molar-refractivity contribution in [3.63, 3.8) is 0 Å². The van der Waals surface area contributed by atoms with Crippen LogP contribution in [0, 0.1) is 0 Å². The Hall–Kier alpha value is 0.690. The molecule has 1 rings (SSSR count). The maximum absolute atomic E-state index is 12.2. The van der Waals surface area contributed by atoms with E-state index in [9.17, 15) is 4.57 Å². The van der Waals surface area contributed by atoms with Crippen molar-refractivity contribution in [3.05, 3.63) is 0 Å². The van der Waals surface area contributed by atoms with Crippen molar-refractivity contribution in [2.75, 3.05) is 31.4 Å².